The zero-order valence-electron chi connectivity index (χ0n) is 20.0. The molecule has 1 aliphatic carbocycles. The molecule has 1 amide bonds. The number of piperidine rings is 1. The van der Waals surface area contributed by atoms with Gasteiger partial charge in [0, 0.05) is 36.3 Å². The Morgan fingerprint density at radius 2 is 1.91 bits per heavy atom. The van der Waals surface area contributed by atoms with Crippen molar-refractivity contribution < 1.29 is 17.7 Å². The van der Waals surface area contributed by atoms with Crippen molar-refractivity contribution in [1.82, 2.24) is 19.8 Å². The Balaban J connectivity index is 1.21. The molecule has 1 N–H and O–H groups in total. The Hall–Kier alpha value is -2.56. The third-order valence-electron chi connectivity index (χ3n) is 7.15. The summed E-state index contributed by atoms with van der Waals surface area (Å²) in [6, 6.07) is 9.62. The Bertz CT molecular complexity index is 1320. The summed E-state index contributed by atoms with van der Waals surface area (Å²) in [4.78, 5) is 18.9. The molecule has 1 aliphatic heterocycles. The molecule has 0 radical (unpaired) electrons. The molecule has 3 aromatic rings. The highest BCUT2D eigenvalue weighted by molar-refractivity contribution is 7.89. The maximum atomic E-state index is 13.4. The van der Waals surface area contributed by atoms with Crippen LogP contribution in [0.1, 0.15) is 59.9 Å². The van der Waals surface area contributed by atoms with Crippen LogP contribution < -0.4 is 5.32 Å². The molecule has 1 saturated carbocycles. The normalized spacial score (nSPS) is 17.9. The minimum atomic E-state index is -3.67. The predicted octanol–water partition coefficient (Wildman–Crippen LogP) is 4.40. The first kappa shape index (κ1) is 24.1. The Morgan fingerprint density at radius 1 is 1.17 bits per heavy atom. The molecule has 0 unspecified atom stereocenters. The van der Waals surface area contributed by atoms with Gasteiger partial charge in [-0.3, -0.25) is 4.79 Å². The van der Waals surface area contributed by atoms with Crippen LogP contribution >= 0.6 is 11.3 Å². The topological polar surface area (TPSA) is 105 Å². The van der Waals surface area contributed by atoms with Crippen molar-refractivity contribution in [2.45, 2.75) is 63.3 Å². The Morgan fingerprint density at radius 3 is 2.60 bits per heavy atom. The molecular weight excluding hydrogens is 484 g/mol. The third-order valence-corrected chi connectivity index (χ3v) is 10.3. The highest BCUT2D eigenvalue weighted by atomic mass is 32.2. The second kappa shape index (κ2) is 9.83. The van der Waals surface area contributed by atoms with Gasteiger partial charge in [0.2, 0.25) is 27.6 Å². The third kappa shape index (κ3) is 4.92. The van der Waals surface area contributed by atoms with Crippen LogP contribution in [0.5, 0.6) is 0 Å². The van der Waals surface area contributed by atoms with Gasteiger partial charge in [-0.2, -0.15) is 9.29 Å². The van der Waals surface area contributed by atoms with E-state index in [-0.39, 0.29) is 16.7 Å². The first-order valence-electron chi connectivity index (χ1n) is 12.1. The lowest BCUT2D eigenvalue weighted by Gasteiger charge is -2.30. The summed E-state index contributed by atoms with van der Waals surface area (Å²) in [5.74, 6) is 1.22. The zero-order valence-corrected chi connectivity index (χ0v) is 21.6. The number of rotatable bonds is 7. The van der Waals surface area contributed by atoms with Crippen LogP contribution in [-0.2, 0) is 21.4 Å². The maximum absolute atomic E-state index is 13.4. The van der Waals surface area contributed by atoms with Gasteiger partial charge in [0.1, 0.15) is 0 Å². The van der Waals surface area contributed by atoms with Crippen LogP contribution in [0.15, 0.2) is 39.8 Å². The number of amides is 1. The van der Waals surface area contributed by atoms with Crippen LogP contribution in [0.25, 0.3) is 10.7 Å². The molecule has 3 heterocycles. The van der Waals surface area contributed by atoms with E-state index in [1.54, 1.807) is 13.0 Å². The van der Waals surface area contributed by atoms with E-state index in [0.717, 1.165) is 24.0 Å². The number of sulfonamides is 1. The lowest BCUT2D eigenvalue weighted by Crippen LogP contribution is -2.42. The van der Waals surface area contributed by atoms with E-state index < -0.39 is 10.0 Å². The quantitative estimate of drug-likeness (QED) is 0.501. The second-order valence-electron chi connectivity index (χ2n) is 9.44. The highest BCUT2D eigenvalue weighted by Gasteiger charge is 2.34. The van der Waals surface area contributed by atoms with Crippen molar-refractivity contribution >= 4 is 27.3 Å². The number of aromatic nitrogens is 2. The first-order valence-corrected chi connectivity index (χ1v) is 14.4. The molecule has 35 heavy (non-hydrogen) atoms. The van der Waals surface area contributed by atoms with E-state index in [4.69, 9.17) is 4.52 Å². The van der Waals surface area contributed by atoms with Crippen LogP contribution in [0, 0.1) is 19.8 Å². The molecule has 0 spiro atoms. The number of aryl methyl sites for hydroxylation is 2. The molecule has 0 bridgehead atoms. The minimum Gasteiger partial charge on any atom is -0.352 e. The van der Waals surface area contributed by atoms with Crippen molar-refractivity contribution in [3.05, 3.63) is 52.2 Å². The van der Waals surface area contributed by atoms with Crippen molar-refractivity contribution in [3.63, 3.8) is 0 Å². The predicted molar refractivity (Wildman–Crippen MR) is 133 cm³/mol. The highest BCUT2D eigenvalue weighted by Crippen LogP contribution is 2.38. The molecule has 1 saturated heterocycles. The molecule has 1 aromatic carbocycles. The van der Waals surface area contributed by atoms with E-state index in [9.17, 15) is 13.2 Å². The fourth-order valence-electron chi connectivity index (χ4n) is 4.62. The summed E-state index contributed by atoms with van der Waals surface area (Å²) in [7, 11) is -3.67. The Labute approximate surface area is 209 Å². The van der Waals surface area contributed by atoms with E-state index in [1.807, 2.05) is 31.2 Å². The van der Waals surface area contributed by atoms with E-state index in [1.165, 1.54) is 22.1 Å². The van der Waals surface area contributed by atoms with Gasteiger partial charge in [-0.1, -0.05) is 35.8 Å². The van der Waals surface area contributed by atoms with Crippen molar-refractivity contribution in [3.8, 4) is 10.7 Å². The number of thiophene rings is 1. The largest absolute Gasteiger partial charge is 0.352 e. The van der Waals surface area contributed by atoms with Gasteiger partial charge in [0.25, 0.3) is 0 Å². The molecule has 8 nitrogen and oxygen atoms in total. The molecule has 5 rings (SSSR count). The van der Waals surface area contributed by atoms with Crippen LogP contribution in [0.2, 0.25) is 0 Å². The Kier molecular flexibility index (Phi) is 6.78. The van der Waals surface area contributed by atoms with Gasteiger partial charge in [-0.25, -0.2) is 8.42 Å². The first-order chi connectivity index (χ1) is 16.8. The van der Waals surface area contributed by atoms with Crippen LogP contribution in [-0.4, -0.2) is 41.9 Å². The summed E-state index contributed by atoms with van der Waals surface area (Å²) < 4.78 is 33.7. The monoisotopic (exact) mass is 514 g/mol. The fourth-order valence-corrected chi connectivity index (χ4v) is 7.58. The summed E-state index contributed by atoms with van der Waals surface area (Å²) in [5.41, 5.74) is 2.23. The van der Waals surface area contributed by atoms with Crippen molar-refractivity contribution in [1.29, 1.82) is 0 Å². The maximum Gasteiger partial charge on any atom is 0.244 e. The van der Waals surface area contributed by atoms with Gasteiger partial charge in [0.15, 0.2) is 0 Å². The molecule has 2 aliphatic rings. The van der Waals surface area contributed by atoms with E-state index in [2.05, 4.69) is 15.5 Å². The molecule has 186 valence electrons. The van der Waals surface area contributed by atoms with Crippen molar-refractivity contribution in [2.75, 3.05) is 13.1 Å². The summed E-state index contributed by atoms with van der Waals surface area (Å²) >= 11 is 1.37. The number of nitrogens with zero attached hydrogens (tertiary/aromatic N) is 3. The number of carbonyl (C=O) groups is 1. The molecule has 10 heteroatoms. The van der Waals surface area contributed by atoms with Crippen molar-refractivity contribution in [2.24, 2.45) is 5.92 Å². The summed E-state index contributed by atoms with van der Waals surface area (Å²) in [5, 5.41) is 7.10. The average Bonchev–Trinajstić information content (AvgIpc) is 3.44. The van der Waals surface area contributed by atoms with E-state index >= 15 is 0 Å². The molecular formula is C25H30N4O4S2. The lowest BCUT2D eigenvalue weighted by atomic mass is 9.85. The molecule has 2 fully saturated rings. The van der Waals surface area contributed by atoms with Crippen LogP contribution in [0.3, 0.4) is 0 Å². The number of hydrogen-bond donors (Lipinski definition) is 1. The SMILES string of the molecule is Cc1ccccc1CNC(=O)C1CCN(S(=O)(=O)c2cc(-c3noc(C4CCC4)n3)sc2C)CC1. The average molecular weight is 515 g/mol. The summed E-state index contributed by atoms with van der Waals surface area (Å²) in [6.45, 7) is 4.96. The van der Waals surface area contributed by atoms with Gasteiger partial charge in [-0.05, 0) is 56.7 Å². The smallest absolute Gasteiger partial charge is 0.244 e. The lowest BCUT2D eigenvalue weighted by molar-refractivity contribution is -0.126. The molecule has 2 aromatic heterocycles. The van der Waals surface area contributed by atoms with E-state index in [0.29, 0.717) is 59.9 Å². The minimum absolute atomic E-state index is 0.0151. The van der Waals surface area contributed by atoms with Gasteiger partial charge in [-0.15, -0.1) is 11.3 Å². The summed E-state index contributed by atoms with van der Waals surface area (Å²) in [6.07, 6.45) is 4.30. The molecule has 0 atom stereocenters. The second-order valence-corrected chi connectivity index (χ2v) is 12.6. The fraction of sp³-hybridized carbons (Fsp3) is 0.480. The van der Waals surface area contributed by atoms with Gasteiger partial charge >= 0.3 is 0 Å². The number of benzene rings is 1. The zero-order chi connectivity index (χ0) is 24.6. The van der Waals surface area contributed by atoms with Crippen LogP contribution in [0.4, 0.5) is 0 Å². The van der Waals surface area contributed by atoms with Gasteiger partial charge in [0.05, 0.1) is 9.77 Å². The number of nitrogens with one attached hydrogen (secondary N) is 1. The number of hydrogen-bond acceptors (Lipinski definition) is 7. The number of carbonyl (C=O) groups excluding carboxylic acids is 1. The standard InChI is InChI=1S/C25H30N4O4S2/c1-16-6-3-4-7-20(16)15-26-24(30)18-10-12-29(13-11-18)35(31,32)22-14-21(34-17(22)2)23-27-25(33-28-23)19-8-5-9-19/h3-4,6-7,14,18-19H,5,8-13,15H2,1-2H3,(H,26,30). The van der Waals surface area contributed by atoms with Gasteiger partial charge < -0.3 is 9.84 Å².